The molecule has 0 fully saturated rings. The van der Waals surface area contributed by atoms with Crippen molar-refractivity contribution in [1.82, 2.24) is 5.32 Å². The van der Waals surface area contributed by atoms with Crippen molar-refractivity contribution in [3.63, 3.8) is 0 Å². The summed E-state index contributed by atoms with van der Waals surface area (Å²) in [6.45, 7) is 9.03. The summed E-state index contributed by atoms with van der Waals surface area (Å²) in [6, 6.07) is 0.396. The molecule has 0 rings (SSSR count). The lowest BCUT2D eigenvalue weighted by atomic mass is 9.99. The number of nitrogens with two attached hydrogens (primary N) is 1. The van der Waals surface area contributed by atoms with Crippen LogP contribution < -0.4 is 11.1 Å². The Morgan fingerprint density at radius 2 is 1.75 bits per heavy atom. The van der Waals surface area contributed by atoms with Crippen LogP contribution in [0, 0.1) is 5.92 Å². The molecular formula is C14H32N2. The molecule has 0 aromatic carbocycles. The SMILES string of the molecule is CCCCC(CC)CNCCC(N)CCC. The van der Waals surface area contributed by atoms with E-state index in [1.54, 1.807) is 0 Å². The smallest absolute Gasteiger partial charge is 0.00508 e. The molecule has 2 heteroatoms. The molecule has 2 unspecified atom stereocenters. The highest BCUT2D eigenvalue weighted by atomic mass is 14.9. The summed E-state index contributed by atoms with van der Waals surface area (Å²) in [4.78, 5) is 0. The monoisotopic (exact) mass is 228 g/mol. The summed E-state index contributed by atoms with van der Waals surface area (Å²) in [7, 11) is 0. The Morgan fingerprint density at radius 1 is 1.00 bits per heavy atom. The van der Waals surface area contributed by atoms with Crippen molar-refractivity contribution in [2.45, 2.75) is 71.8 Å². The highest BCUT2D eigenvalue weighted by molar-refractivity contribution is 4.65. The van der Waals surface area contributed by atoms with Gasteiger partial charge in [0.15, 0.2) is 0 Å². The van der Waals surface area contributed by atoms with E-state index in [1.807, 2.05) is 0 Å². The average Bonchev–Trinajstić information content (AvgIpc) is 2.28. The van der Waals surface area contributed by atoms with E-state index in [0.29, 0.717) is 6.04 Å². The van der Waals surface area contributed by atoms with Gasteiger partial charge in [0.1, 0.15) is 0 Å². The Morgan fingerprint density at radius 3 is 2.31 bits per heavy atom. The van der Waals surface area contributed by atoms with Crippen LogP contribution in [0.1, 0.15) is 65.7 Å². The van der Waals surface area contributed by atoms with Gasteiger partial charge in [-0.2, -0.15) is 0 Å². The number of rotatable bonds is 11. The van der Waals surface area contributed by atoms with Crippen molar-refractivity contribution in [1.29, 1.82) is 0 Å². The molecule has 2 nitrogen and oxygen atoms in total. The van der Waals surface area contributed by atoms with Gasteiger partial charge in [-0.15, -0.1) is 0 Å². The third kappa shape index (κ3) is 9.17. The topological polar surface area (TPSA) is 38.0 Å². The zero-order chi connectivity index (χ0) is 12.2. The van der Waals surface area contributed by atoms with Crippen LogP contribution in [0.3, 0.4) is 0 Å². The normalized spacial score (nSPS) is 15.0. The fourth-order valence-corrected chi connectivity index (χ4v) is 2.05. The molecular weight excluding hydrogens is 196 g/mol. The van der Waals surface area contributed by atoms with Gasteiger partial charge in [-0.1, -0.05) is 46.5 Å². The third-order valence-corrected chi connectivity index (χ3v) is 3.33. The minimum atomic E-state index is 0.396. The summed E-state index contributed by atoms with van der Waals surface area (Å²) in [5.41, 5.74) is 5.97. The summed E-state index contributed by atoms with van der Waals surface area (Å²) in [5.74, 6) is 0.863. The summed E-state index contributed by atoms with van der Waals surface area (Å²) in [6.07, 6.45) is 8.85. The molecule has 0 aliphatic heterocycles. The van der Waals surface area contributed by atoms with Crippen LogP contribution in [0.4, 0.5) is 0 Å². The number of nitrogens with one attached hydrogen (secondary N) is 1. The highest BCUT2D eigenvalue weighted by Gasteiger charge is 2.05. The van der Waals surface area contributed by atoms with E-state index < -0.39 is 0 Å². The molecule has 3 N–H and O–H groups in total. The molecule has 0 aliphatic carbocycles. The Balaban J connectivity index is 3.39. The molecule has 0 saturated carbocycles. The summed E-state index contributed by atoms with van der Waals surface area (Å²) >= 11 is 0. The Kier molecular flexibility index (Phi) is 11.3. The fourth-order valence-electron chi connectivity index (χ4n) is 2.05. The molecule has 0 aliphatic rings. The second-order valence-corrected chi connectivity index (χ2v) is 4.96. The predicted octanol–water partition coefficient (Wildman–Crippen LogP) is 3.31. The molecule has 0 bridgehead atoms. The Labute approximate surface area is 102 Å². The van der Waals surface area contributed by atoms with E-state index >= 15 is 0 Å². The molecule has 98 valence electrons. The van der Waals surface area contributed by atoms with E-state index in [4.69, 9.17) is 5.73 Å². The van der Waals surface area contributed by atoms with Gasteiger partial charge < -0.3 is 11.1 Å². The van der Waals surface area contributed by atoms with Crippen molar-refractivity contribution < 1.29 is 0 Å². The molecule has 0 saturated heterocycles. The lowest BCUT2D eigenvalue weighted by Crippen LogP contribution is -2.29. The van der Waals surface area contributed by atoms with Gasteiger partial charge in [0.25, 0.3) is 0 Å². The zero-order valence-electron chi connectivity index (χ0n) is 11.6. The Hall–Kier alpha value is -0.0800. The fraction of sp³-hybridized carbons (Fsp3) is 1.00. The van der Waals surface area contributed by atoms with E-state index in [0.717, 1.165) is 25.3 Å². The van der Waals surface area contributed by atoms with Crippen LogP contribution in [-0.4, -0.2) is 19.1 Å². The lowest BCUT2D eigenvalue weighted by molar-refractivity contribution is 0.411. The maximum Gasteiger partial charge on any atom is 0.00508 e. The van der Waals surface area contributed by atoms with Crippen LogP contribution >= 0.6 is 0 Å². The molecule has 2 atom stereocenters. The van der Waals surface area contributed by atoms with Crippen molar-refractivity contribution in [3.8, 4) is 0 Å². The molecule has 0 heterocycles. The molecule has 0 radical (unpaired) electrons. The second kappa shape index (κ2) is 11.4. The van der Waals surface area contributed by atoms with Crippen LogP contribution in [-0.2, 0) is 0 Å². The maximum atomic E-state index is 5.97. The van der Waals surface area contributed by atoms with E-state index in [-0.39, 0.29) is 0 Å². The largest absolute Gasteiger partial charge is 0.328 e. The maximum absolute atomic E-state index is 5.97. The van der Waals surface area contributed by atoms with Gasteiger partial charge in [-0.25, -0.2) is 0 Å². The van der Waals surface area contributed by atoms with Crippen LogP contribution in [0.15, 0.2) is 0 Å². The van der Waals surface area contributed by atoms with Crippen molar-refractivity contribution >= 4 is 0 Å². The second-order valence-electron chi connectivity index (χ2n) is 4.96. The molecule has 0 spiro atoms. The number of hydrogen-bond acceptors (Lipinski definition) is 2. The van der Waals surface area contributed by atoms with Gasteiger partial charge in [0.2, 0.25) is 0 Å². The van der Waals surface area contributed by atoms with Gasteiger partial charge in [-0.3, -0.25) is 0 Å². The van der Waals surface area contributed by atoms with Crippen LogP contribution in [0.2, 0.25) is 0 Å². The quantitative estimate of drug-likeness (QED) is 0.532. The number of hydrogen-bond donors (Lipinski definition) is 2. The first-order valence-electron chi connectivity index (χ1n) is 7.20. The minimum Gasteiger partial charge on any atom is -0.328 e. The average molecular weight is 228 g/mol. The van der Waals surface area contributed by atoms with E-state index in [9.17, 15) is 0 Å². The molecule has 16 heavy (non-hydrogen) atoms. The summed E-state index contributed by atoms with van der Waals surface area (Å²) < 4.78 is 0. The molecule has 0 amide bonds. The molecule has 0 aromatic rings. The minimum absolute atomic E-state index is 0.396. The van der Waals surface area contributed by atoms with Gasteiger partial charge in [0.05, 0.1) is 0 Å². The number of unbranched alkanes of at least 4 members (excludes halogenated alkanes) is 1. The van der Waals surface area contributed by atoms with Crippen LogP contribution in [0.5, 0.6) is 0 Å². The van der Waals surface area contributed by atoms with E-state index in [1.165, 1.54) is 38.6 Å². The van der Waals surface area contributed by atoms with Crippen molar-refractivity contribution in [2.24, 2.45) is 11.7 Å². The lowest BCUT2D eigenvalue weighted by Gasteiger charge is -2.16. The van der Waals surface area contributed by atoms with E-state index in [2.05, 4.69) is 26.1 Å². The highest BCUT2D eigenvalue weighted by Crippen LogP contribution is 2.11. The predicted molar refractivity (Wildman–Crippen MR) is 73.7 cm³/mol. The van der Waals surface area contributed by atoms with Crippen molar-refractivity contribution in [2.75, 3.05) is 13.1 Å². The standard InChI is InChI=1S/C14H32N2/c1-4-7-9-13(6-3)12-16-11-10-14(15)8-5-2/h13-14,16H,4-12,15H2,1-3H3. The van der Waals surface area contributed by atoms with Crippen LogP contribution in [0.25, 0.3) is 0 Å². The van der Waals surface area contributed by atoms with Gasteiger partial charge >= 0.3 is 0 Å². The van der Waals surface area contributed by atoms with Gasteiger partial charge in [0, 0.05) is 6.04 Å². The van der Waals surface area contributed by atoms with Crippen molar-refractivity contribution in [3.05, 3.63) is 0 Å². The zero-order valence-corrected chi connectivity index (χ0v) is 11.6. The van der Waals surface area contributed by atoms with Gasteiger partial charge in [-0.05, 0) is 38.3 Å². The first-order valence-corrected chi connectivity index (χ1v) is 7.20. The molecule has 0 aromatic heterocycles. The first kappa shape index (κ1) is 15.9. The summed E-state index contributed by atoms with van der Waals surface area (Å²) in [5, 5.41) is 3.55. The third-order valence-electron chi connectivity index (χ3n) is 3.33. The first-order chi connectivity index (χ1) is 7.74. The Bertz CT molecular complexity index is 137.